The maximum absolute atomic E-state index is 13.0. The summed E-state index contributed by atoms with van der Waals surface area (Å²) in [4.78, 5) is 4.34. The van der Waals surface area contributed by atoms with Gasteiger partial charge in [-0.3, -0.25) is 5.41 Å². The van der Waals surface area contributed by atoms with Gasteiger partial charge in [-0.25, -0.2) is 9.37 Å². The fourth-order valence-corrected chi connectivity index (χ4v) is 2.49. The van der Waals surface area contributed by atoms with Crippen LogP contribution in [0.1, 0.15) is 6.42 Å². The van der Waals surface area contributed by atoms with Gasteiger partial charge in [0.1, 0.15) is 5.82 Å². The highest BCUT2D eigenvalue weighted by atomic mass is 32.2. The van der Waals surface area contributed by atoms with E-state index < -0.39 is 0 Å². The lowest BCUT2D eigenvalue weighted by Crippen LogP contribution is -2.10. The molecule has 0 aliphatic carbocycles. The molecule has 6 heteroatoms. The van der Waals surface area contributed by atoms with E-state index in [9.17, 15) is 4.39 Å². The first-order valence-electron chi connectivity index (χ1n) is 5.15. The second-order valence-electron chi connectivity index (χ2n) is 3.71. The normalized spacial score (nSPS) is 10.9. The zero-order valence-electron chi connectivity index (χ0n) is 9.40. The number of hydrogen-bond donors (Lipinski definition) is 2. The van der Waals surface area contributed by atoms with Crippen LogP contribution in [0.4, 0.5) is 4.39 Å². The van der Waals surface area contributed by atoms with Crippen molar-refractivity contribution in [1.29, 1.82) is 5.41 Å². The Morgan fingerprint density at radius 3 is 3.06 bits per heavy atom. The number of hydrogen-bond acceptors (Lipinski definition) is 3. The Morgan fingerprint density at radius 2 is 2.35 bits per heavy atom. The summed E-state index contributed by atoms with van der Waals surface area (Å²) >= 11 is 1.52. The Morgan fingerprint density at radius 1 is 1.59 bits per heavy atom. The van der Waals surface area contributed by atoms with Crippen LogP contribution in [0.5, 0.6) is 0 Å². The third kappa shape index (κ3) is 2.58. The van der Waals surface area contributed by atoms with Gasteiger partial charge >= 0.3 is 0 Å². The molecule has 0 unspecified atom stereocenters. The van der Waals surface area contributed by atoms with Gasteiger partial charge < -0.3 is 10.3 Å². The summed E-state index contributed by atoms with van der Waals surface area (Å²) in [5.41, 5.74) is 6.83. The summed E-state index contributed by atoms with van der Waals surface area (Å²) in [7, 11) is 1.89. The van der Waals surface area contributed by atoms with Crippen LogP contribution in [-0.2, 0) is 7.05 Å². The van der Waals surface area contributed by atoms with E-state index in [4.69, 9.17) is 11.1 Å². The number of benzene rings is 1. The minimum Gasteiger partial charge on any atom is -0.388 e. The molecule has 0 spiro atoms. The van der Waals surface area contributed by atoms with E-state index in [0.717, 1.165) is 10.7 Å². The largest absolute Gasteiger partial charge is 0.388 e. The second kappa shape index (κ2) is 4.75. The number of nitrogens with two attached hydrogens (primary N) is 1. The van der Waals surface area contributed by atoms with Crippen LogP contribution < -0.4 is 5.73 Å². The number of thioether (sulfide) groups is 1. The van der Waals surface area contributed by atoms with Crippen molar-refractivity contribution < 1.29 is 4.39 Å². The molecule has 2 rings (SSSR count). The van der Waals surface area contributed by atoms with Gasteiger partial charge in [0.05, 0.1) is 16.9 Å². The molecule has 1 aromatic carbocycles. The van der Waals surface area contributed by atoms with Gasteiger partial charge in [-0.15, -0.1) is 0 Å². The number of aromatic nitrogens is 2. The Hall–Kier alpha value is -1.56. The van der Waals surface area contributed by atoms with E-state index in [2.05, 4.69) is 4.98 Å². The van der Waals surface area contributed by atoms with Crippen molar-refractivity contribution in [2.24, 2.45) is 12.8 Å². The fraction of sp³-hybridized carbons (Fsp3) is 0.273. The maximum atomic E-state index is 13.0. The average molecular weight is 252 g/mol. The topological polar surface area (TPSA) is 67.7 Å². The quantitative estimate of drug-likeness (QED) is 0.497. The van der Waals surface area contributed by atoms with Crippen LogP contribution in [0.2, 0.25) is 0 Å². The summed E-state index contributed by atoms with van der Waals surface area (Å²) in [6.07, 6.45) is 0.530. The SMILES string of the molecule is Cn1c(SCCC(=N)N)nc2cc(F)ccc21. The van der Waals surface area contributed by atoms with Crippen molar-refractivity contribution in [3.05, 3.63) is 24.0 Å². The van der Waals surface area contributed by atoms with Crippen molar-refractivity contribution in [2.75, 3.05) is 5.75 Å². The summed E-state index contributed by atoms with van der Waals surface area (Å²) < 4.78 is 15.0. The molecule has 3 N–H and O–H groups in total. The monoisotopic (exact) mass is 252 g/mol. The zero-order valence-corrected chi connectivity index (χ0v) is 10.2. The lowest BCUT2D eigenvalue weighted by Gasteiger charge is -2.01. The van der Waals surface area contributed by atoms with Crippen molar-refractivity contribution >= 4 is 28.6 Å². The van der Waals surface area contributed by atoms with Gasteiger partial charge in [0, 0.05) is 25.3 Å². The van der Waals surface area contributed by atoms with Gasteiger partial charge in [-0.05, 0) is 12.1 Å². The first-order valence-corrected chi connectivity index (χ1v) is 6.14. The number of amidine groups is 1. The van der Waals surface area contributed by atoms with E-state index in [0.29, 0.717) is 17.7 Å². The van der Waals surface area contributed by atoms with Crippen molar-refractivity contribution in [3.8, 4) is 0 Å². The fourth-order valence-electron chi connectivity index (χ4n) is 1.53. The maximum Gasteiger partial charge on any atom is 0.168 e. The molecule has 0 saturated heterocycles. The number of aryl methyl sites for hydroxylation is 1. The molecule has 0 bridgehead atoms. The first kappa shape index (κ1) is 11.9. The average Bonchev–Trinajstić information content (AvgIpc) is 2.55. The van der Waals surface area contributed by atoms with Gasteiger partial charge in [-0.2, -0.15) is 0 Å². The zero-order chi connectivity index (χ0) is 12.4. The molecule has 0 aliphatic rings. The second-order valence-corrected chi connectivity index (χ2v) is 4.77. The van der Waals surface area contributed by atoms with Crippen LogP contribution in [0, 0.1) is 11.2 Å². The molecule has 0 saturated carbocycles. The number of fused-ring (bicyclic) bond motifs is 1. The highest BCUT2D eigenvalue weighted by molar-refractivity contribution is 7.99. The van der Waals surface area contributed by atoms with Crippen LogP contribution in [-0.4, -0.2) is 21.1 Å². The van der Waals surface area contributed by atoms with Gasteiger partial charge in [-0.1, -0.05) is 11.8 Å². The Bertz CT molecular complexity index is 564. The van der Waals surface area contributed by atoms with Gasteiger partial charge in [0.2, 0.25) is 0 Å². The summed E-state index contributed by atoms with van der Waals surface area (Å²) in [6.45, 7) is 0. The van der Waals surface area contributed by atoms with Crippen LogP contribution in [0.3, 0.4) is 0 Å². The lowest BCUT2D eigenvalue weighted by molar-refractivity contribution is 0.629. The van der Waals surface area contributed by atoms with E-state index in [1.54, 1.807) is 6.07 Å². The third-order valence-electron chi connectivity index (χ3n) is 2.40. The highest BCUT2D eigenvalue weighted by Gasteiger charge is 2.08. The van der Waals surface area contributed by atoms with Crippen molar-refractivity contribution in [3.63, 3.8) is 0 Å². The number of nitrogens with one attached hydrogen (secondary N) is 1. The number of halogens is 1. The molecular weight excluding hydrogens is 239 g/mol. The molecule has 0 radical (unpaired) electrons. The molecule has 90 valence electrons. The van der Waals surface area contributed by atoms with Crippen molar-refractivity contribution in [2.45, 2.75) is 11.6 Å². The first-order chi connectivity index (χ1) is 8.08. The van der Waals surface area contributed by atoms with Crippen LogP contribution in [0.15, 0.2) is 23.4 Å². The number of nitrogens with zero attached hydrogens (tertiary/aromatic N) is 2. The molecule has 0 atom stereocenters. The number of imidazole rings is 1. The molecule has 0 amide bonds. The lowest BCUT2D eigenvalue weighted by atomic mass is 10.3. The molecule has 17 heavy (non-hydrogen) atoms. The van der Waals surface area contributed by atoms with E-state index in [1.165, 1.54) is 23.9 Å². The molecular formula is C11H13FN4S. The Kier molecular flexibility index (Phi) is 3.33. The minimum atomic E-state index is -0.282. The summed E-state index contributed by atoms with van der Waals surface area (Å²) in [5, 5.41) is 7.95. The van der Waals surface area contributed by atoms with Crippen LogP contribution >= 0.6 is 11.8 Å². The Labute approximate surface area is 103 Å². The predicted octanol–water partition coefficient (Wildman–Crippen LogP) is 2.13. The number of rotatable bonds is 4. The predicted molar refractivity (Wildman–Crippen MR) is 67.9 cm³/mol. The standard InChI is InChI=1S/C11H13FN4S/c1-16-9-3-2-7(12)6-8(9)15-11(16)17-5-4-10(13)14/h2-3,6H,4-5H2,1H3,(H3,13,14). The van der Waals surface area contributed by atoms with Gasteiger partial charge in [0.25, 0.3) is 0 Å². The molecule has 0 aliphatic heterocycles. The van der Waals surface area contributed by atoms with E-state index in [-0.39, 0.29) is 11.7 Å². The third-order valence-corrected chi connectivity index (χ3v) is 3.44. The molecule has 1 heterocycles. The molecule has 1 aromatic heterocycles. The van der Waals surface area contributed by atoms with Crippen LogP contribution in [0.25, 0.3) is 11.0 Å². The summed E-state index contributed by atoms with van der Waals surface area (Å²) in [6, 6.07) is 4.56. The molecule has 0 fully saturated rings. The van der Waals surface area contributed by atoms with Crippen molar-refractivity contribution in [1.82, 2.24) is 9.55 Å². The smallest absolute Gasteiger partial charge is 0.168 e. The van der Waals surface area contributed by atoms with Gasteiger partial charge in [0.15, 0.2) is 5.16 Å². The molecule has 4 nitrogen and oxygen atoms in total. The minimum absolute atomic E-state index is 0.169. The molecule has 2 aromatic rings. The Balaban J connectivity index is 2.23. The van der Waals surface area contributed by atoms with E-state index >= 15 is 0 Å². The highest BCUT2D eigenvalue weighted by Crippen LogP contribution is 2.23. The van der Waals surface area contributed by atoms with E-state index in [1.807, 2.05) is 11.6 Å². The summed E-state index contributed by atoms with van der Waals surface area (Å²) in [5.74, 6) is 0.591.